The van der Waals surface area contributed by atoms with E-state index < -0.39 is 24.2 Å². The molecule has 0 radical (unpaired) electrons. The van der Waals surface area contributed by atoms with Crippen LogP contribution in [0.4, 0.5) is 5.82 Å². The number of anilines is 1. The van der Waals surface area contributed by atoms with E-state index in [1.54, 1.807) is 24.3 Å². The van der Waals surface area contributed by atoms with Gasteiger partial charge in [-0.25, -0.2) is 9.59 Å². The Balaban J connectivity index is 1.58. The molecule has 126 valence electrons. The van der Waals surface area contributed by atoms with Gasteiger partial charge in [-0.1, -0.05) is 23.7 Å². The summed E-state index contributed by atoms with van der Waals surface area (Å²) in [5.74, 6) is -0.456. The number of halogens is 1. The van der Waals surface area contributed by atoms with Crippen LogP contribution in [0.2, 0.25) is 5.02 Å². The molecule has 1 aromatic carbocycles. The summed E-state index contributed by atoms with van der Waals surface area (Å²) in [6, 6.07) is 8.03. The SMILES string of the molecule is Nc1ccn([C@@H]2CO[C@H](COC(=O)c3ccccc3Cl)O2)c(=O)n1. The van der Waals surface area contributed by atoms with Crippen LogP contribution >= 0.6 is 11.6 Å². The first-order valence-corrected chi connectivity index (χ1v) is 7.46. The molecule has 0 unspecified atom stereocenters. The van der Waals surface area contributed by atoms with Gasteiger partial charge in [0.1, 0.15) is 12.4 Å². The molecule has 1 saturated heterocycles. The predicted molar refractivity (Wildman–Crippen MR) is 84.5 cm³/mol. The van der Waals surface area contributed by atoms with Crippen LogP contribution in [0, 0.1) is 0 Å². The van der Waals surface area contributed by atoms with Crippen molar-refractivity contribution in [3.63, 3.8) is 0 Å². The summed E-state index contributed by atoms with van der Waals surface area (Å²) in [5.41, 5.74) is 5.15. The van der Waals surface area contributed by atoms with E-state index in [0.29, 0.717) is 5.02 Å². The highest BCUT2D eigenvalue weighted by molar-refractivity contribution is 6.33. The molecule has 2 atom stereocenters. The fourth-order valence-corrected chi connectivity index (χ4v) is 2.38. The second kappa shape index (κ2) is 7.00. The lowest BCUT2D eigenvalue weighted by molar-refractivity contribution is -0.103. The van der Waals surface area contributed by atoms with E-state index in [4.69, 9.17) is 31.5 Å². The Morgan fingerprint density at radius 1 is 1.42 bits per heavy atom. The number of ether oxygens (including phenoxy) is 3. The minimum absolute atomic E-state index is 0.125. The molecule has 0 aliphatic carbocycles. The van der Waals surface area contributed by atoms with Crippen LogP contribution < -0.4 is 11.4 Å². The predicted octanol–water partition coefficient (Wildman–Crippen LogP) is 1.21. The number of nitrogens with zero attached hydrogens (tertiary/aromatic N) is 2. The van der Waals surface area contributed by atoms with Gasteiger partial charge in [-0.2, -0.15) is 4.98 Å². The molecule has 9 heteroatoms. The second-order valence-corrected chi connectivity index (χ2v) is 5.38. The Labute approximate surface area is 141 Å². The Kier molecular flexibility index (Phi) is 4.79. The lowest BCUT2D eigenvalue weighted by Crippen LogP contribution is -2.29. The summed E-state index contributed by atoms with van der Waals surface area (Å²) in [6.07, 6.45) is 0.0251. The van der Waals surface area contributed by atoms with E-state index in [1.807, 2.05) is 0 Å². The van der Waals surface area contributed by atoms with Crippen molar-refractivity contribution in [2.45, 2.75) is 12.5 Å². The first kappa shape index (κ1) is 16.4. The molecule has 1 aromatic heterocycles. The average molecular weight is 352 g/mol. The number of nitrogens with two attached hydrogens (primary N) is 1. The van der Waals surface area contributed by atoms with E-state index in [0.717, 1.165) is 0 Å². The molecule has 0 amide bonds. The van der Waals surface area contributed by atoms with Crippen LogP contribution in [-0.4, -0.2) is 35.0 Å². The molecule has 8 nitrogen and oxygen atoms in total. The van der Waals surface area contributed by atoms with Gasteiger partial charge in [-0.05, 0) is 18.2 Å². The number of carbonyl (C=O) groups is 1. The molecule has 0 bridgehead atoms. The molecule has 0 saturated carbocycles. The maximum absolute atomic E-state index is 12.0. The van der Waals surface area contributed by atoms with E-state index in [9.17, 15) is 9.59 Å². The van der Waals surface area contributed by atoms with E-state index >= 15 is 0 Å². The van der Waals surface area contributed by atoms with E-state index in [2.05, 4.69) is 4.98 Å². The zero-order chi connectivity index (χ0) is 17.1. The van der Waals surface area contributed by atoms with Crippen LogP contribution in [-0.2, 0) is 14.2 Å². The van der Waals surface area contributed by atoms with Crippen molar-refractivity contribution in [1.29, 1.82) is 0 Å². The van der Waals surface area contributed by atoms with Crippen molar-refractivity contribution < 1.29 is 19.0 Å². The monoisotopic (exact) mass is 351 g/mol. The van der Waals surface area contributed by atoms with Crippen molar-refractivity contribution in [2.75, 3.05) is 18.9 Å². The van der Waals surface area contributed by atoms with Crippen molar-refractivity contribution in [1.82, 2.24) is 9.55 Å². The first-order chi connectivity index (χ1) is 11.5. The van der Waals surface area contributed by atoms with Crippen molar-refractivity contribution in [2.24, 2.45) is 0 Å². The fourth-order valence-electron chi connectivity index (χ4n) is 2.17. The van der Waals surface area contributed by atoms with E-state index in [1.165, 1.54) is 16.8 Å². The van der Waals surface area contributed by atoms with Crippen LogP contribution in [0.5, 0.6) is 0 Å². The highest BCUT2D eigenvalue weighted by Crippen LogP contribution is 2.21. The Bertz CT molecular complexity index is 810. The molecule has 24 heavy (non-hydrogen) atoms. The number of rotatable bonds is 4. The number of benzene rings is 1. The lowest BCUT2D eigenvalue weighted by Gasteiger charge is -2.13. The number of hydrogen-bond acceptors (Lipinski definition) is 7. The Hall–Kier alpha value is -2.42. The quantitative estimate of drug-likeness (QED) is 0.825. The lowest BCUT2D eigenvalue weighted by atomic mass is 10.2. The minimum Gasteiger partial charge on any atom is -0.457 e. The molecule has 0 spiro atoms. The summed E-state index contributed by atoms with van der Waals surface area (Å²) in [7, 11) is 0. The molecular weight excluding hydrogens is 338 g/mol. The topological polar surface area (TPSA) is 106 Å². The van der Waals surface area contributed by atoms with Gasteiger partial charge in [-0.3, -0.25) is 4.57 Å². The van der Waals surface area contributed by atoms with Crippen molar-refractivity contribution >= 4 is 23.4 Å². The molecular formula is C15H14ClN3O5. The molecule has 3 rings (SSSR count). The summed E-state index contributed by atoms with van der Waals surface area (Å²) in [5, 5.41) is 0.299. The number of nitrogen functional groups attached to an aromatic ring is 1. The third-order valence-electron chi connectivity index (χ3n) is 3.34. The summed E-state index contributed by atoms with van der Waals surface area (Å²) in [6.45, 7) is -0.00246. The van der Waals surface area contributed by atoms with Crippen LogP contribution in [0.3, 0.4) is 0 Å². The maximum atomic E-state index is 12.0. The maximum Gasteiger partial charge on any atom is 0.351 e. The summed E-state index contributed by atoms with van der Waals surface area (Å²) in [4.78, 5) is 27.3. The number of hydrogen-bond donors (Lipinski definition) is 1. The van der Waals surface area contributed by atoms with Gasteiger partial charge >= 0.3 is 11.7 Å². The van der Waals surface area contributed by atoms with Gasteiger partial charge in [0.2, 0.25) is 0 Å². The van der Waals surface area contributed by atoms with E-state index in [-0.39, 0.29) is 24.6 Å². The van der Waals surface area contributed by atoms with Gasteiger partial charge in [-0.15, -0.1) is 0 Å². The summed E-state index contributed by atoms with van der Waals surface area (Å²) >= 11 is 5.93. The average Bonchev–Trinajstić information content (AvgIpc) is 3.01. The second-order valence-electron chi connectivity index (χ2n) is 4.97. The van der Waals surface area contributed by atoms with Crippen molar-refractivity contribution in [3.05, 3.63) is 57.6 Å². The van der Waals surface area contributed by atoms with Crippen LogP contribution in [0.1, 0.15) is 16.6 Å². The number of aromatic nitrogens is 2. The number of esters is 1. The van der Waals surface area contributed by atoms with Gasteiger partial charge < -0.3 is 19.9 Å². The third-order valence-corrected chi connectivity index (χ3v) is 3.67. The molecule has 1 aliphatic heterocycles. The van der Waals surface area contributed by atoms with Crippen LogP contribution in [0.15, 0.2) is 41.3 Å². The van der Waals surface area contributed by atoms with Gasteiger partial charge in [0.05, 0.1) is 17.2 Å². The Morgan fingerprint density at radius 3 is 2.96 bits per heavy atom. The molecule has 2 aromatic rings. The van der Waals surface area contributed by atoms with Crippen LogP contribution in [0.25, 0.3) is 0 Å². The highest BCUT2D eigenvalue weighted by Gasteiger charge is 2.29. The highest BCUT2D eigenvalue weighted by atomic mass is 35.5. The molecule has 1 fully saturated rings. The first-order valence-electron chi connectivity index (χ1n) is 7.08. The smallest absolute Gasteiger partial charge is 0.351 e. The fraction of sp³-hybridized carbons (Fsp3) is 0.267. The standard InChI is InChI=1S/C15H14ClN3O5/c16-10-4-2-1-3-9(10)14(20)23-8-13-22-7-12(24-13)19-6-5-11(17)18-15(19)21/h1-6,12-13H,7-8H2,(H2,17,18,21)/t12-,13-/m0/s1. The van der Waals surface area contributed by atoms with Gasteiger partial charge in [0.15, 0.2) is 12.5 Å². The summed E-state index contributed by atoms with van der Waals surface area (Å²) < 4.78 is 17.3. The van der Waals surface area contributed by atoms with Gasteiger partial charge in [0.25, 0.3) is 0 Å². The normalized spacial score (nSPS) is 20.0. The Morgan fingerprint density at radius 2 is 2.21 bits per heavy atom. The third kappa shape index (κ3) is 3.56. The zero-order valence-electron chi connectivity index (χ0n) is 12.4. The van der Waals surface area contributed by atoms with Gasteiger partial charge in [0, 0.05) is 6.20 Å². The minimum atomic E-state index is -0.786. The molecule has 2 N–H and O–H groups in total. The zero-order valence-corrected chi connectivity index (χ0v) is 13.2. The largest absolute Gasteiger partial charge is 0.457 e. The molecule has 1 aliphatic rings. The number of carbonyl (C=O) groups excluding carboxylic acids is 1. The van der Waals surface area contributed by atoms with Crippen molar-refractivity contribution in [3.8, 4) is 0 Å². The molecule has 2 heterocycles.